The monoisotopic (exact) mass is 257 g/mol. The highest BCUT2D eigenvalue weighted by Gasteiger charge is 2.18. The predicted octanol–water partition coefficient (Wildman–Crippen LogP) is 2.94. The van der Waals surface area contributed by atoms with Crippen LogP contribution in [0.15, 0.2) is 41.2 Å². The van der Waals surface area contributed by atoms with Crippen LogP contribution in [0.1, 0.15) is 23.1 Å². The average Bonchev–Trinajstić information content (AvgIpc) is 2.97. The fraction of sp³-hybridized carbons (Fsp3) is 0.375. The summed E-state index contributed by atoms with van der Waals surface area (Å²) in [5, 5.41) is 3.60. The molecule has 0 amide bonds. The summed E-state index contributed by atoms with van der Waals surface area (Å²) >= 11 is 0. The predicted molar refractivity (Wildman–Crippen MR) is 74.4 cm³/mol. The van der Waals surface area contributed by atoms with E-state index in [2.05, 4.69) is 23.5 Å². The van der Waals surface area contributed by atoms with E-state index in [4.69, 9.17) is 9.15 Å². The topological polar surface area (TPSA) is 34.4 Å². The number of rotatable bonds is 4. The van der Waals surface area contributed by atoms with Gasteiger partial charge in [0.05, 0.1) is 19.6 Å². The number of furan rings is 1. The van der Waals surface area contributed by atoms with E-state index in [1.165, 1.54) is 23.1 Å². The molecule has 0 fully saturated rings. The molecular formula is C16H19NO2. The van der Waals surface area contributed by atoms with Gasteiger partial charge in [-0.05, 0) is 48.6 Å². The molecule has 0 bridgehead atoms. The summed E-state index contributed by atoms with van der Waals surface area (Å²) in [6.07, 6.45) is 6.93. The number of hydrogen-bond donors (Lipinski definition) is 1. The quantitative estimate of drug-likeness (QED) is 0.914. The fourth-order valence-electron chi connectivity index (χ4n) is 2.69. The first-order valence-electron chi connectivity index (χ1n) is 6.75. The SMILES string of the molecule is COc1ccc2c(c1)CC(NCc1ccoc1)CC2. The van der Waals surface area contributed by atoms with Crippen LogP contribution in [0.3, 0.4) is 0 Å². The van der Waals surface area contributed by atoms with Crippen molar-refractivity contribution in [2.75, 3.05) is 7.11 Å². The fourth-order valence-corrected chi connectivity index (χ4v) is 2.69. The zero-order valence-electron chi connectivity index (χ0n) is 11.2. The molecule has 0 radical (unpaired) electrons. The van der Waals surface area contributed by atoms with E-state index in [9.17, 15) is 0 Å². The summed E-state index contributed by atoms with van der Waals surface area (Å²) in [7, 11) is 1.72. The molecule has 3 nitrogen and oxygen atoms in total. The molecule has 19 heavy (non-hydrogen) atoms. The van der Waals surface area contributed by atoms with Gasteiger partial charge in [-0.3, -0.25) is 0 Å². The zero-order valence-corrected chi connectivity index (χ0v) is 11.2. The van der Waals surface area contributed by atoms with E-state index < -0.39 is 0 Å². The van der Waals surface area contributed by atoms with Gasteiger partial charge in [-0.2, -0.15) is 0 Å². The Kier molecular flexibility index (Phi) is 3.56. The molecular weight excluding hydrogens is 238 g/mol. The molecule has 1 N–H and O–H groups in total. The molecule has 3 heteroatoms. The highest BCUT2D eigenvalue weighted by Crippen LogP contribution is 2.25. The molecule has 100 valence electrons. The summed E-state index contributed by atoms with van der Waals surface area (Å²) in [6, 6.07) is 8.96. The molecule has 0 spiro atoms. The standard InChI is InChI=1S/C16H19NO2/c1-18-16-5-3-13-2-4-15(8-14(13)9-16)17-10-12-6-7-19-11-12/h3,5-7,9,11,15,17H,2,4,8,10H2,1H3. The lowest BCUT2D eigenvalue weighted by Crippen LogP contribution is -2.34. The number of fused-ring (bicyclic) bond motifs is 1. The van der Waals surface area contributed by atoms with Gasteiger partial charge in [-0.1, -0.05) is 6.07 Å². The van der Waals surface area contributed by atoms with Crippen LogP contribution in [0.25, 0.3) is 0 Å². The van der Waals surface area contributed by atoms with Crippen molar-refractivity contribution in [1.82, 2.24) is 5.32 Å². The molecule has 1 aliphatic carbocycles. The van der Waals surface area contributed by atoms with Gasteiger partial charge in [-0.25, -0.2) is 0 Å². The first-order valence-corrected chi connectivity index (χ1v) is 6.75. The number of methoxy groups -OCH3 is 1. The normalized spacial score (nSPS) is 18.1. The van der Waals surface area contributed by atoms with Crippen molar-refractivity contribution in [3.63, 3.8) is 0 Å². The van der Waals surface area contributed by atoms with Crippen molar-refractivity contribution in [1.29, 1.82) is 0 Å². The van der Waals surface area contributed by atoms with Crippen molar-refractivity contribution in [2.24, 2.45) is 0 Å². The van der Waals surface area contributed by atoms with Crippen LogP contribution in [0.4, 0.5) is 0 Å². The number of aryl methyl sites for hydroxylation is 1. The summed E-state index contributed by atoms with van der Waals surface area (Å²) in [5.41, 5.74) is 4.08. The second kappa shape index (κ2) is 5.49. The molecule has 1 heterocycles. The van der Waals surface area contributed by atoms with E-state index in [0.717, 1.165) is 25.1 Å². The third-order valence-electron chi connectivity index (χ3n) is 3.82. The van der Waals surface area contributed by atoms with Crippen LogP contribution < -0.4 is 10.1 Å². The van der Waals surface area contributed by atoms with Gasteiger partial charge < -0.3 is 14.5 Å². The molecule has 2 aromatic rings. The maximum atomic E-state index is 5.30. The van der Waals surface area contributed by atoms with Crippen molar-refractivity contribution >= 4 is 0 Å². The maximum absolute atomic E-state index is 5.30. The molecule has 0 saturated heterocycles. The number of ether oxygens (including phenoxy) is 1. The van der Waals surface area contributed by atoms with Crippen molar-refractivity contribution in [3.8, 4) is 5.75 Å². The summed E-state index contributed by atoms with van der Waals surface area (Å²) in [5.74, 6) is 0.953. The van der Waals surface area contributed by atoms with Crippen molar-refractivity contribution in [2.45, 2.75) is 31.8 Å². The van der Waals surface area contributed by atoms with Crippen LogP contribution in [0, 0.1) is 0 Å². The second-order valence-electron chi connectivity index (χ2n) is 5.09. The van der Waals surface area contributed by atoms with Crippen LogP contribution in [-0.2, 0) is 19.4 Å². The van der Waals surface area contributed by atoms with Crippen LogP contribution in [0.5, 0.6) is 5.75 Å². The number of nitrogens with one attached hydrogen (secondary N) is 1. The molecule has 0 saturated carbocycles. The van der Waals surface area contributed by atoms with Gasteiger partial charge in [0.1, 0.15) is 5.75 Å². The number of hydrogen-bond acceptors (Lipinski definition) is 3. The van der Waals surface area contributed by atoms with Crippen LogP contribution in [-0.4, -0.2) is 13.2 Å². The first-order chi connectivity index (χ1) is 9.35. The smallest absolute Gasteiger partial charge is 0.119 e. The Bertz CT molecular complexity index is 534. The van der Waals surface area contributed by atoms with Crippen LogP contribution in [0.2, 0.25) is 0 Å². The lowest BCUT2D eigenvalue weighted by atomic mass is 9.88. The van der Waals surface area contributed by atoms with E-state index >= 15 is 0 Å². The van der Waals surface area contributed by atoms with Gasteiger partial charge in [0.25, 0.3) is 0 Å². The minimum atomic E-state index is 0.537. The van der Waals surface area contributed by atoms with Crippen molar-refractivity contribution < 1.29 is 9.15 Å². The van der Waals surface area contributed by atoms with E-state index in [-0.39, 0.29) is 0 Å². The average molecular weight is 257 g/mol. The Hall–Kier alpha value is -1.74. The van der Waals surface area contributed by atoms with Gasteiger partial charge >= 0.3 is 0 Å². The second-order valence-corrected chi connectivity index (χ2v) is 5.09. The van der Waals surface area contributed by atoms with E-state index in [1.54, 1.807) is 19.6 Å². The Balaban J connectivity index is 1.64. The molecule has 1 atom stereocenters. The van der Waals surface area contributed by atoms with Gasteiger partial charge in [0.2, 0.25) is 0 Å². The Morgan fingerprint density at radius 1 is 1.32 bits per heavy atom. The zero-order chi connectivity index (χ0) is 13.1. The summed E-state index contributed by atoms with van der Waals surface area (Å²) in [4.78, 5) is 0. The molecule has 0 aliphatic heterocycles. The maximum Gasteiger partial charge on any atom is 0.119 e. The molecule has 1 aromatic heterocycles. The minimum Gasteiger partial charge on any atom is -0.497 e. The molecule has 1 aromatic carbocycles. The molecule has 3 rings (SSSR count). The molecule has 1 aliphatic rings. The molecule has 1 unspecified atom stereocenters. The third-order valence-corrected chi connectivity index (χ3v) is 3.82. The van der Waals surface area contributed by atoms with Crippen LogP contribution >= 0.6 is 0 Å². The van der Waals surface area contributed by atoms with Gasteiger partial charge in [0, 0.05) is 18.2 Å². The largest absolute Gasteiger partial charge is 0.497 e. The highest BCUT2D eigenvalue weighted by atomic mass is 16.5. The number of benzene rings is 1. The van der Waals surface area contributed by atoms with Gasteiger partial charge in [-0.15, -0.1) is 0 Å². The Morgan fingerprint density at radius 2 is 2.26 bits per heavy atom. The van der Waals surface area contributed by atoms with Crippen molar-refractivity contribution in [3.05, 3.63) is 53.5 Å². The lowest BCUT2D eigenvalue weighted by Gasteiger charge is -2.25. The van der Waals surface area contributed by atoms with E-state index in [1.807, 2.05) is 6.07 Å². The first kappa shape index (κ1) is 12.3. The Labute approximate surface area is 113 Å². The summed E-state index contributed by atoms with van der Waals surface area (Å²) < 4.78 is 10.4. The Morgan fingerprint density at radius 3 is 3.05 bits per heavy atom. The minimum absolute atomic E-state index is 0.537. The van der Waals surface area contributed by atoms with E-state index in [0.29, 0.717) is 6.04 Å². The summed E-state index contributed by atoms with van der Waals surface area (Å²) in [6.45, 7) is 0.875. The van der Waals surface area contributed by atoms with Gasteiger partial charge in [0.15, 0.2) is 0 Å². The third kappa shape index (κ3) is 2.82. The highest BCUT2D eigenvalue weighted by molar-refractivity contribution is 5.37. The lowest BCUT2D eigenvalue weighted by molar-refractivity contribution is 0.411.